The number of hydrogen-bond donors (Lipinski definition) is 0. The SMILES string of the molecule is CN(C)CCOCCOC(=O)C(C)(C)C. The highest BCUT2D eigenvalue weighted by atomic mass is 16.6. The fourth-order valence-corrected chi connectivity index (χ4v) is 0.759. The standard InChI is InChI=1S/C11H23NO3/c1-11(2,3)10(13)15-9-8-14-7-6-12(4)5/h6-9H2,1-5H3. The molecule has 4 heteroatoms. The lowest BCUT2D eigenvalue weighted by Gasteiger charge is -2.16. The van der Waals surface area contributed by atoms with Crippen molar-refractivity contribution in [2.75, 3.05) is 40.5 Å². The second-order valence-corrected chi connectivity index (χ2v) is 4.80. The van der Waals surface area contributed by atoms with Crippen LogP contribution in [-0.2, 0) is 14.3 Å². The van der Waals surface area contributed by atoms with Crippen LogP contribution in [0.2, 0.25) is 0 Å². The molecule has 0 bridgehead atoms. The van der Waals surface area contributed by atoms with E-state index in [4.69, 9.17) is 9.47 Å². The second kappa shape index (κ2) is 6.80. The molecular formula is C11H23NO3. The van der Waals surface area contributed by atoms with Crippen molar-refractivity contribution < 1.29 is 14.3 Å². The van der Waals surface area contributed by atoms with Crippen LogP contribution in [0.4, 0.5) is 0 Å². The van der Waals surface area contributed by atoms with Crippen LogP contribution in [0.15, 0.2) is 0 Å². The first-order valence-electron chi connectivity index (χ1n) is 5.23. The molecule has 0 aliphatic rings. The Morgan fingerprint density at radius 2 is 1.73 bits per heavy atom. The van der Waals surface area contributed by atoms with E-state index in [-0.39, 0.29) is 5.97 Å². The number of carbonyl (C=O) groups is 1. The highest BCUT2D eigenvalue weighted by molar-refractivity contribution is 5.75. The van der Waals surface area contributed by atoms with E-state index in [2.05, 4.69) is 0 Å². The molecule has 0 aromatic carbocycles. The van der Waals surface area contributed by atoms with E-state index < -0.39 is 5.41 Å². The van der Waals surface area contributed by atoms with E-state index >= 15 is 0 Å². The van der Waals surface area contributed by atoms with Crippen LogP contribution in [0.1, 0.15) is 20.8 Å². The number of ether oxygens (including phenoxy) is 2. The molecule has 0 amide bonds. The first-order chi connectivity index (χ1) is 6.84. The topological polar surface area (TPSA) is 38.8 Å². The van der Waals surface area contributed by atoms with Crippen LogP contribution in [0, 0.1) is 5.41 Å². The molecule has 0 aliphatic carbocycles. The van der Waals surface area contributed by atoms with Gasteiger partial charge in [-0.25, -0.2) is 0 Å². The molecular weight excluding hydrogens is 194 g/mol. The maximum atomic E-state index is 11.3. The number of nitrogens with zero attached hydrogens (tertiary/aromatic N) is 1. The van der Waals surface area contributed by atoms with Crippen molar-refractivity contribution in [1.82, 2.24) is 4.90 Å². The summed E-state index contributed by atoms with van der Waals surface area (Å²) in [4.78, 5) is 13.4. The Morgan fingerprint density at radius 3 is 2.20 bits per heavy atom. The normalized spacial score (nSPS) is 11.9. The van der Waals surface area contributed by atoms with Gasteiger partial charge in [0.05, 0.1) is 18.6 Å². The Morgan fingerprint density at radius 1 is 1.13 bits per heavy atom. The summed E-state index contributed by atoms with van der Waals surface area (Å²) in [7, 11) is 3.98. The third-order valence-corrected chi connectivity index (χ3v) is 1.76. The average Bonchev–Trinajstić information content (AvgIpc) is 2.08. The molecule has 15 heavy (non-hydrogen) atoms. The van der Waals surface area contributed by atoms with Crippen LogP contribution in [0.3, 0.4) is 0 Å². The van der Waals surface area contributed by atoms with Gasteiger partial charge in [-0.05, 0) is 34.9 Å². The van der Waals surface area contributed by atoms with E-state index in [0.29, 0.717) is 19.8 Å². The van der Waals surface area contributed by atoms with Crippen molar-refractivity contribution in [3.63, 3.8) is 0 Å². The van der Waals surface area contributed by atoms with Crippen LogP contribution in [0.5, 0.6) is 0 Å². The number of likely N-dealkylation sites (N-methyl/N-ethyl adjacent to an activating group) is 1. The fraction of sp³-hybridized carbons (Fsp3) is 0.909. The summed E-state index contributed by atoms with van der Waals surface area (Å²) in [6.45, 7) is 7.86. The van der Waals surface area contributed by atoms with Crippen LogP contribution in [0.25, 0.3) is 0 Å². The fourth-order valence-electron chi connectivity index (χ4n) is 0.759. The second-order valence-electron chi connectivity index (χ2n) is 4.80. The smallest absolute Gasteiger partial charge is 0.311 e. The van der Waals surface area contributed by atoms with Gasteiger partial charge < -0.3 is 14.4 Å². The third-order valence-electron chi connectivity index (χ3n) is 1.76. The molecule has 4 nitrogen and oxygen atoms in total. The van der Waals surface area contributed by atoms with Gasteiger partial charge in [0.1, 0.15) is 6.61 Å². The Kier molecular flexibility index (Phi) is 6.52. The average molecular weight is 217 g/mol. The van der Waals surface area contributed by atoms with E-state index in [1.54, 1.807) is 0 Å². The van der Waals surface area contributed by atoms with Crippen LogP contribution < -0.4 is 0 Å². The summed E-state index contributed by atoms with van der Waals surface area (Å²) < 4.78 is 10.3. The predicted octanol–water partition coefficient (Wildman–Crippen LogP) is 1.15. The van der Waals surface area contributed by atoms with E-state index in [1.165, 1.54) is 0 Å². The Balaban J connectivity index is 3.36. The largest absolute Gasteiger partial charge is 0.463 e. The quantitative estimate of drug-likeness (QED) is 0.494. The lowest BCUT2D eigenvalue weighted by Crippen LogP contribution is -2.25. The number of rotatable bonds is 6. The molecule has 0 spiro atoms. The molecule has 0 N–H and O–H groups in total. The van der Waals surface area contributed by atoms with Gasteiger partial charge in [0.25, 0.3) is 0 Å². The van der Waals surface area contributed by atoms with Crippen LogP contribution in [-0.4, -0.2) is 51.3 Å². The van der Waals surface area contributed by atoms with Gasteiger partial charge in [-0.15, -0.1) is 0 Å². The third kappa shape index (κ3) is 8.39. The van der Waals surface area contributed by atoms with E-state index in [9.17, 15) is 4.79 Å². The number of esters is 1. The summed E-state index contributed by atoms with van der Waals surface area (Å²) in [5, 5.41) is 0. The molecule has 0 aliphatic heterocycles. The van der Waals surface area contributed by atoms with Gasteiger partial charge in [-0.3, -0.25) is 4.79 Å². The molecule has 0 unspecified atom stereocenters. The zero-order chi connectivity index (χ0) is 11.9. The maximum absolute atomic E-state index is 11.3. The van der Waals surface area contributed by atoms with E-state index in [1.807, 2.05) is 39.8 Å². The highest BCUT2D eigenvalue weighted by Crippen LogP contribution is 2.14. The van der Waals surface area contributed by atoms with Gasteiger partial charge in [0.2, 0.25) is 0 Å². The minimum atomic E-state index is -0.427. The molecule has 0 atom stereocenters. The van der Waals surface area contributed by atoms with Gasteiger partial charge in [0, 0.05) is 6.54 Å². The number of carbonyl (C=O) groups excluding carboxylic acids is 1. The van der Waals surface area contributed by atoms with E-state index in [0.717, 1.165) is 6.54 Å². The zero-order valence-electron chi connectivity index (χ0n) is 10.5. The lowest BCUT2D eigenvalue weighted by molar-refractivity contribution is -0.154. The Bertz CT molecular complexity index is 185. The van der Waals surface area contributed by atoms with Crippen molar-refractivity contribution in [2.24, 2.45) is 5.41 Å². The first-order valence-corrected chi connectivity index (χ1v) is 5.23. The first kappa shape index (κ1) is 14.4. The van der Waals surface area contributed by atoms with Crippen molar-refractivity contribution >= 4 is 5.97 Å². The Labute approximate surface area is 92.5 Å². The molecule has 0 saturated carbocycles. The molecule has 0 saturated heterocycles. The summed E-state index contributed by atoms with van der Waals surface area (Å²) in [6.07, 6.45) is 0. The van der Waals surface area contributed by atoms with Gasteiger partial charge in [-0.1, -0.05) is 0 Å². The summed E-state index contributed by atoms with van der Waals surface area (Å²) >= 11 is 0. The van der Waals surface area contributed by atoms with Crippen molar-refractivity contribution in [2.45, 2.75) is 20.8 Å². The molecule has 0 radical (unpaired) electrons. The molecule has 90 valence electrons. The molecule has 0 rings (SSSR count). The Hall–Kier alpha value is -0.610. The minimum Gasteiger partial charge on any atom is -0.463 e. The summed E-state index contributed by atoms with van der Waals surface area (Å²) in [5.41, 5.74) is -0.427. The van der Waals surface area contributed by atoms with Gasteiger partial charge in [-0.2, -0.15) is 0 Å². The minimum absolute atomic E-state index is 0.182. The van der Waals surface area contributed by atoms with Gasteiger partial charge >= 0.3 is 5.97 Å². The highest BCUT2D eigenvalue weighted by Gasteiger charge is 2.22. The monoisotopic (exact) mass is 217 g/mol. The maximum Gasteiger partial charge on any atom is 0.311 e. The van der Waals surface area contributed by atoms with Crippen molar-refractivity contribution in [3.05, 3.63) is 0 Å². The zero-order valence-corrected chi connectivity index (χ0v) is 10.5. The lowest BCUT2D eigenvalue weighted by atomic mass is 9.97. The van der Waals surface area contributed by atoms with Gasteiger partial charge in [0.15, 0.2) is 0 Å². The molecule has 0 aromatic heterocycles. The van der Waals surface area contributed by atoms with Crippen molar-refractivity contribution in [1.29, 1.82) is 0 Å². The predicted molar refractivity (Wildman–Crippen MR) is 59.8 cm³/mol. The molecule has 0 fully saturated rings. The number of hydrogen-bond acceptors (Lipinski definition) is 4. The molecule has 0 aromatic rings. The summed E-state index contributed by atoms with van der Waals surface area (Å²) in [5.74, 6) is -0.182. The molecule has 0 heterocycles. The van der Waals surface area contributed by atoms with Crippen molar-refractivity contribution in [3.8, 4) is 0 Å². The van der Waals surface area contributed by atoms with Crippen LogP contribution >= 0.6 is 0 Å². The summed E-state index contributed by atoms with van der Waals surface area (Å²) in [6, 6.07) is 0.